The third-order valence-electron chi connectivity index (χ3n) is 11.2. The van der Waals surface area contributed by atoms with E-state index in [1.54, 1.807) is 0 Å². The summed E-state index contributed by atoms with van der Waals surface area (Å²) in [5.41, 5.74) is 12.2. The van der Waals surface area contributed by atoms with Crippen LogP contribution >= 0.6 is 0 Å². The highest BCUT2D eigenvalue weighted by Crippen LogP contribution is 2.39. The number of nitriles is 3. The van der Waals surface area contributed by atoms with Crippen molar-refractivity contribution in [3.8, 4) is 46.4 Å². The van der Waals surface area contributed by atoms with Gasteiger partial charge in [-0.3, -0.25) is 0 Å². The van der Waals surface area contributed by atoms with Gasteiger partial charge >= 0.3 is 0 Å². The molecule has 0 aliphatic heterocycles. The third-order valence-corrected chi connectivity index (χ3v) is 11.2. The first-order valence-electron chi connectivity index (χ1n) is 18.7. The number of benzene rings is 8. The second kappa shape index (κ2) is 12.3. The molecule has 11 aromatic rings. The zero-order valence-corrected chi connectivity index (χ0v) is 30.3. The minimum atomic E-state index is 0.515. The van der Waals surface area contributed by atoms with E-state index in [1.807, 2.05) is 72.8 Å². The molecule has 8 aromatic carbocycles. The Morgan fingerprint density at radius 3 is 1.18 bits per heavy atom. The maximum Gasteiger partial charge on any atom is 0.0992 e. The fraction of sp³-hybridized carbons (Fsp3) is 0. The van der Waals surface area contributed by atoms with Crippen LogP contribution in [0.1, 0.15) is 16.7 Å². The van der Waals surface area contributed by atoms with Gasteiger partial charge in [0.05, 0.1) is 68.0 Å². The molecule has 0 radical (unpaired) electrons. The Kier molecular flexibility index (Phi) is 6.95. The van der Waals surface area contributed by atoms with Gasteiger partial charge < -0.3 is 13.7 Å². The van der Waals surface area contributed by atoms with Gasteiger partial charge in [-0.2, -0.15) is 15.8 Å². The van der Waals surface area contributed by atoms with Gasteiger partial charge in [0.15, 0.2) is 0 Å². The number of fused-ring (bicyclic) bond motifs is 9. The Morgan fingerprint density at radius 2 is 0.684 bits per heavy atom. The molecule has 0 unspecified atom stereocenters. The summed E-state index contributed by atoms with van der Waals surface area (Å²) in [6, 6.07) is 64.8. The van der Waals surface area contributed by atoms with Crippen LogP contribution in [0.15, 0.2) is 170 Å². The molecule has 0 N–H and O–H groups in total. The second-order valence-electron chi connectivity index (χ2n) is 14.4. The quantitative estimate of drug-likeness (QED) is 0.181. The Morgan fingerprint density at radius 1 is 0.281 bits per heavy atom. The SMILES string of the molecule is N#Cc1cc(-c2cc(C#N)cc(-n3c4ccccc4c4ccc(-n5c6ccccc6c6cc(C#N)ccc65)cc43)c2)cc(-n2c3ccccc3c3ccccc32)c1. The predicted octanol–water partition coefficient (Wildman–Crippen LogP) is 12.3. The van der Waals surface area contributed by atoms with Gasteiger partial charge in [-0.1, -0.05) is 78.9 Å². The van der Waals surface area contributed by atoms with E-state index in [-0.39, 0.29) is 0 Å². The molecule has 0 spiro atoms. The summed E-state index contributed by atoms with van der Waals surface area (Å²) < 4.78 is 6.71. The van der Waals surface area contributed by atoms with Crippen molar-refractivity contribution in [1.82, 2.24) is 13.7 Å². The lowest BCUT2D eigenvalue weighted by Crippen LogP contribution is -1.99. The average molecular weight is 725 g/mol. The molecule has 0 aliphatic carbocycles. The van der Waals surface area contributed by atoms with Crippen molar-refractivity contribution < 1.29 is 0 Å². The molecule has 0 saturated heterocycles. The van der Waals surface area contributed by atoms with Crippen molar-refractivity contribution in [3.63, 3.8) is 0 Å². The predicted molar refractivity (Wildman–Crippen MR) is 229 cm³/mol. The van der Waals surface area contributed by atoms with E-state index in [0.717, 1.165) is 93.6 Å². The van der Waals surface area contributed by atoms with Gasteiger partial charge in [0.1, 0.15) is 0 Å². The first kappa shape index (κ1) is 32.1. The number of nitrogens with zero attached hydrogens (tertiary/aromatic N) is 6. The highest BCUT2D eigenvalue weighted by Gasteiger charge is 2.19. The molecule has 6 nitrogen and oxygen atoms in total. The van der Waals surface area contributed by atoms with Crippen LogP contribution in [0.3, 0.4) is 0 Å². The number of hydrogen-bond donors (Lipinski definition) is 0. The largest absolute Gasteiger partial charge is 0.309 e. The molecule has 6 heteroatoms. The van der Waals surface area contributed by atoms with E-state index in [9.17, 15) is 15.8 Å². The van der Waals surface area contributed by atoms with Crippen LogP contribution in [0.25, 0.3) is 93.6 Å². The summed E-state index contributed by atoms with van der Waals surface area (Å²) in [5.74, 6) is 0. The van der Waals surface area contributed by atoms with Crippen molar-refractivity contribution in [2.24, 2.45) is 0 Å². The van der Waals surface area contributed by atoms with Crippen molar-refractivity contribution in [3.05, 3.63) is 187 Å². The molecule has 0 aliphatic rings. The highest BCUT2D eigenvalue weighted by molar-refractivity contribution is 6.12. The smallest absolute Gasteiger partial charge is 0.0992 e. The Hall–Kier alpha value is -8.37. The topological polar surface area (TPSA) is 86.2 Å². The van der Waals surface area contributed by atoms with Crippen LogP contribution in [-0.2, 0) is 0 Å². The number of aromatic nitrogens is 3. The van der Waals surface area contributed by atoms with Gasteiger partial charge in [-0.15, -0.1) is 0 Å². The molecule has 0 saturated carbocycles. The van der Waals surface area contributed by atoms with Crippen molar-refractivity contribution >= 4 is 65.4 Å². The lowest BCUT2D eigenvalue weighted by Gasteiger charge is -2.14. The number of rotatable bonds is 4. The lowest BCUT2D eigenvalue weighted by molar-refractivity contribution is 1.15. The average Bonchev–Trinajstić information content (AvgIpc) is 3.91. The minimum absolute atomic E-state index is 0.515. The van der Waals surface area contributed by atoms with E-state index in [0.29, 0.717) is 16.7 Å². The first-order chi connectivity index (χ1) is 28.1. The van der Waals surface area contributed by atoms with E-state index in [1.165, 1.54) is 0 Å². The molecule has 0 bridgehead atoms. The molecule has 0 fully saturated rings. The normalized spacial score (nSPS) is 11.5. The van der Waals surface area contributed by atoms with Crippen LogP contribution in [0.5, 0.6) is 0 Å². The molecular weight excluding hydrogens is 697 g/mol. The van der Waals surface area contributed by atoms with E-state index >= 15 is 0 Å². The Balaban J connectivity index is 1.15. The summed E-state index contributed by atoms with van der Waals surface area (Å²) in [5, 5.41) is 37.1. The molecule has 3 heterocycles. The van der Waals surface area contributed by atoms with Crippen LogP contribution in [0, 0.1) is 34.0 Å². The van der Waals surface area contributed by atoms with Gasteiger partial charge in [0.25, 0.3) is 0 Å². The summed E-state index contributed by atoms with van der Waals surface area (Å²) in [6.45, 7) is 0. The van der Waals surface area contributed by atoms with Crippen LogP contribution in [-0.4, -0.2) is 13.7 Å². The maximum atomic E-state index is 10.5. The molecule has 57 heavy (non-hydrogen) atoms. The zero-order valence-electron chi connectivity index (χ0n) is 30.3. The van der Waals surface area contributed by atoms with Gasteiger partial charge in [-0.25, -0.2) is 0 Å². The Bertz CT molecular complexity index is 3580. The maximum absolute atomic E-state index is 10.5. The number of hydrogen-bond acceptors (Lipinski definition) is 3. The lowest BCUT2D eigenvalue weighted by atomic mass is 9.99. The van der Waals surface area contributed by atoms with Crippen LogP contribution in [0.2, 0.25) is 0 Å². The van der Waals surface area contributed by atoms with Crippen LogP contribution in [0.4, 0.5) is 0 Å². The minimum Gasteiger partial charge on any atom is -0.309 e. The molecule has 262 valence electrons. The first-order valence-corrected chi connectivity index (χ1v) is 18.7. The summed E-state index contributed by atoms with van der Waals surface area (Å²) in [7, 11) is 0. The van der Waals surface area contributed by atoms with Gasteiger partial charge in [0, 0.05) is 49.4 Å². The third kappa shape index (κ3) is 4.81. The van der Waals surface area contributed by atoms with Crippen molar-refractivity contribution in [1.29, 1.82) is 15.8 Å². The monoisotopic (exact) mass is 724 g/mol. The summed E-state index contributed by atoms with van der Waals surface area (Å²) in [6.07, 6.45) is 0. The summed E-state index contributed by atoms with van der Waals surface area (Å²) >= 11 is 0. The zero-order chi connectivity index (χ0) is 38.2. The van der Waals surface area contributed by atoms with Crippen molar-refractivity contribution in [2.45, 2.75) is 0 Å². The van der Waals surface area contributed by atoms with E-state index < -0.39 is 0 Å². The summed E-state index contributed by atoms with van der Waals surface area (Å²) in [4.78, 5) is 0. The van der Waals surface area contributed by atoms with Crippen molar-refractivity contribution in [2.75, 3.05) is 0 Å². The molecule has 0 amide bonds. The van der Waals surface area contributed by atoms with E-state index in [2.05, 4.69) is 129 Å². The van der Waals surface area contributed by atoms with Gasteiger partial charge in [-0.05, 0) is 102 Å². The number of para-hydroxylation sites is 4. The standard InChI is InChI=1S/C51H28N6/c52-29-32-17-20-50-45(25-32)43-12-4-8-16-49(43)55(50)37-18-19-44-42-11-3-7-15-48(42)57(51(44)28-37)39-24-34(31-54)22-36(27-39)35-21-33(30-53)23-38(26-35)56-46-13-5-1-9-40(46)41-10-2-6-14-47(41)56/h1-28H. The van der Waals surface area contributed by atoms with Crippen LogP contribution < -0.4 is 0 Å². The fourth-order valence-corrected chi connectivity index (χ4v) is 8.84. The molecule has 0 atom stereocenters. The highest BCUT2D eigenvalue weighted by atomic mass is 15.0. The molecular formula is C51H28N6. The Labute approximate surface area is 326 Å². The molecule has 11 rings (SSSR count). The molecule has 3 aromatic heterocycles. The van der Waals surface area contributed by atoms with E-state index in [4.69, 9.17) is 0 Å². The van der Waals surface area contributed by atoms with Gasteiger partial charge in [0.2, 0.25) is 0 Å². The second-order valence-corrected chi connectivity index (χ2v) is 14.4. The fourth-order valence-electron chi connectivity index (χ4n) is 8.84.